The molecular formula is C17H27BrN2O. The molecule has 0 bridgehead atoms. The van der Waals surface area contributed by atoms with Gasteiger partial charge < -0.3 is 15.0 Å². The largest absolute Gasteiger partial charge is 0.383 e. The lowest BCUT2D eigenvalue weighted by molar-refractivity contribution is 0.199. The predicted molar refractivity (Wildman–Crippen MR) is 93.0 cm³/mol. The van der Waals surface area contributed by atoms with Gasteiger partial charge in [0.2, 0.25) is 0 Å². The van der Waals surface area contributed by atoms with Crippen LogP contribution in [0.15, 0.2) is 22.7 Å². The number of rotatable bonds is 7. The maximum absolute atomic E-state index is 5.09. The first-order chi connectivity index (χ1) is 10.2. The molecule has 1 fully saturated rings. The van der Waals surface area contributed by atoms with Gasteiger partial charge in [-0.05, 0) is 36.5 Å². The molecular weight excluding hydrogens is 328 g/mol. The third kappa shape index (κ3) is 4.97. The van der Waals surface area contributed by atoms with Gasteiger partial charge in [-0.15, -0.1) is 0 Å². The van der Waals surface area contributed by atoms with E-state index in [0.29, 0.717) is 0 Å². The standard InChI is InChI=1S/C17H27BrN2O/c1-3-14-5-4-9-20(13-14)17-11-16(18)7-6-15(17)12-19-8-10-21-2/h6-7,11,14,19H,3-5,8-10,12-13H2,1-2H3. The molecule has 1 N–H and O–H groups in total. The van der Waals surface area contributed by atoms with Gasteiger partial charge in [0.05, 0.1) is 6.61 Å². The van der Waals surface area contributed by atoms with Crippen molar-refractivity contribution < 1.29 is 4.74 Å². The second-order valence-corrected chi connectivity index (χ2v) is 6.72. The van der Waals surface area contributed by atoms with Gasteiger partial charge in [-0.3, -0.25) is 0 Å². The van der Waals surface area contributed by atoms with Crippen LogP contribution in [0.3, 0.4) is 0 Å². The van der Waals surface area contributed by atoms with Gasteiger partial charge in [0.25, 0.3) is 0 Å². The van der Waals surface area contributed by atoms with E-state index >= 15 is 0 Å². The van der Waals surface area contributed by atoms with Crippen molar-refractivity contribution in [2.75, 3.05) is 38.3 Å². The van der Waals surface area contributed by atoms with Gasteiger partial charge in [0.15, 0.2) is 0 Å². The molecule has 1 saturated heterocycles. The molecule has 1 aliphatic heterocycles. The molecule has 2 rings (SSSR count). The summed E-state index contributed by atoms with van der Waals surface area (Å²) in [6.07, 6.45) is 3.97. The van der Waals surface area contributed by atoms with Crippen LogP contribution < -0.4 is 10.2 Å². The van der Waals surface area contributed by atoms with Crippen molar-refractivity contribution in [3.8, 4) is 0 Å². The van der Waals surface area contributed by atoms with Crippen LogP contribution in [0, 0.1) is 5.92 Å². The molecule has 4 heteroatoms. The first-order valence-corrected chi connectivity index (χ1v) is 8.77. The summed E-state index contributed by atoms with van der Waals surface area (Å²) in [6, 6.07) is 6.64. The van der Waals surface area contributed by atoms with Crippen LogP contribution >= 0.6 is 15.9 Å². The summed E-state index contributed by atoms with van der Waals surface area (Å²) >= 11 is 3.62. The first-order valence-electron chi connectivity index (χ1n) is 7.97. The number of hydrogen-bond acceptors (Lipinski definition) is 3. The highest BCUT2D eigenvalue weighted by Gasteiger charge is 2.20. The van der Waals surface area contributed by atoms with Crippen LogP contribution in [0.2, 0.25) is 0 Å². The quantitative estimate of drug-likeness (QED) is 0.753. The van der Waals surface area contributed by atoms with Crippen LogP contribution in [0.25, 0.3) is 0 Å². The molecule has 0 spiro atoms. The first kappa shape index (κ1) is 16.8. The minimum atomic E-state index is 0.757. The molecule has 21 heavy (non-hydrogen) atoms. The van der Waals surface area contributed by atoms with Crippen LogP contribution in [0.5, 0.6) is 0 Å². The van der Waals surface area contributed by atoms with E-state index in [2.05, 4.69) is 51.3 Å². The fourth-order valence-corrected chi connectivity index (χ4v) is 3.34. The van der Waals surface area contributed by atoms with Crippen molar-refractivity contribution in [2.24, 2.45) is 5.92 Å². The van der Waals surface area contributed by atoms with E-state index in [1.807, 2.05) is 0 Å². The number of piperidine rings is 1. The minimum absolute atomic E-state index is 0.757. The van der Waals surface area contributed by atoms with Gasteiger partial charge in [-0.2, -0.15) is 0 Å². The van der Waals surface area contributed by atoms with Crippen molar-refractivity contribution in [1.82, 2.24) is 5.32 Å². The number of methoxy groups -OCH3 is 1. The molecule has 3 nitrogen and oxygen atoms in total. The Hall–Kier alpha value is -0.580. The Balaban J connectivity index is 2.07. The van der Waals surface area contributed by atoms with Crippen LogP contribution in [-0.4, -0.2) is 33.4 Å². The maximum Gasteiger partial charge on any atom is 0.0587 e. The molecule has 1 aromatic rings. The van der Waals surface area contributed by atoms with Crippen molar-refractivity contribution in [2.45, 2.75) is 32.7 Å². The van der Waals surface area contributed by atoms with Crippen LogP contribution in [-0.2, 0) is 11.3 Å². The average molecular weight is 355 g/mol. The third-order valence-corrected chi connectivity index (χ3v) is 4.78. The van der Waals surface area contributed by atoms with Crippen molar-refractivity contribution >= 4 is 21.6 Å². The molecule has 118 valence electrons. The van der Waals surface area contributed by atoms with Gasteiger partial charge in [0, 0.05) is 43.4 Å². The molecule has 0 amide bonds. The average Bonchev–Trinajstić information content (AvgIpc) is 2.52. The van der Waals surface area contributed by atoms with Gasteiger partial charge in [0.1, 0.15) is 0 Å². The molecule has 1 atom stereocenters. The maximum atomic E-state index is 5.09. The summed E-state index contributed by atoms with van der Waals surface area (Å²) < 4.78 is 6.26. The number of benzene rings is 1. The van der Waals surface area contributed by atoms with E-state index in [0.717, 1.165) is 30.1 Å². The fourth-order valence-electron chi connectivity index (χ4n) is 3.00. The van der Waals surface area contributed by atoms with E-state index < -0.39 is 0 Å². The number of ether oxygens (including phenoxy) is 1. The number of nitrogens with zero attached hydrogens (tertiary/aromatic N) is 1. The molecule has 1 aliphatic rings. The summed E-state index contributed by atoms with van der Waals surface area (Å²) in [5.41, 5.74) is 2.76. The van der Waals surface area contributed by atoms with Crippen molar-refractivity contribution in [3.05, 3.63) is 28.2 Å². The summed E-state index contributed by atoms with van der Waals surface area (Å²) in [7, 11) is 1.74. The summed E-state index contributed by atoms with van der Waals surface area (Å²) in [5, 5.41) is 3.46. The lowest BCUT2D eigenvalue weighted by Crippen LogP contribution is -2.36. The van der Waals surface area contributed by atoms with E-state index in [9.17, 15) is 0 Å². The SMILES string of the molecule is CCC1CCCN(c2cc(Br)ccc2CNCCOC)C1. The Kier molecular flexibility index (Phi) is 7.00. The third-order valence-electron chi connectivity index (χ3n) is 4.28. The highest BCUT2D eigenvalue weighted by atomic mass is 79.9. The molecule has 0 aliphatic carbocycles. The zero-order valence-electron chi connectivity index (χ0n) is 13.2. The second-order valence-electron chi connectivity index (χ2n) is 5.81. The Labute approximate surface area is 137 Å². The lowest BCUT2D eigenvalue weighted by atomic mass is 9.94. The molecule has 1 unspecified atom stereocenters. The van der Waals surface area contributed by atoms with E-state index in [-0.39, 0.29) is 0 Å². The molecule has 0 radical (unpaired) electrons. The highest BCUT2D eigenvalue weighted by molar-refractivity contribution is 9.10. The highest BCUT2D eigenvalue weighted by Crippen LogP contribution is 2.30. The number of nitrogens with one attached hydrogen (secondary N) is 1. The minimum Gasteiger partial charge on any atom is -0.383 e. The van der Waals surface area contributed by atoms with Gasteiger partial charge >= 0.3 is 0 Å². The monoisotopic (exact) mass is 354 g/mol. The predicted octanol–water partition coefficient (Wildman–Crippen LogP) is 3.81. The van der Waals surface area contributed by atoms with Gasteiger partial charge in [-0.1, -0.05) is 35.3 Å². The zero-order valence-corrected chi connectivity index (χ0v) is 14.8. The second kappa shape index (κ2) is 8.76. The number of hydrogen-bond donors (Lipinski definition) is 1. The smallest absolute Gasteiger partial charge is 0.0587 e. The fraction of sp³-hybridized carbons (Fsp3) is 0.647. The Bertz CT molecular complexity index is 439. The van der Waals surface area contributed by atoms with E-state index in [1.54, 1.807) is 7.11 Å². The van der Waals surface area contributed by atoms with Gasteiger partial charge in [-0.25, -0.2) is 0 Å². The van der Waals surface area contributed by atoms with Crippen LogP contribution in [0.1, 0.15) is 31.7 Å². The number of halogens is 1. The molecule has 0 saturated carbocycles. The Morgan fingerprint density at radius 2 is 2.29 bits per heavy atom. The van der Waals surface area contributed by atoms with Crippen molar-refractivity contribution in [3.63, 3.8) is 0 Å². The summed E-state index contributed by atoms with van der Waals surface area (Å²) in [5.74, 6) is 0.840. The van der Waals surface area contributed by atoms with Crippen LogP contribution in [0.4, 0.5) is 5.69 Å². The number of anilines is 1. The normalized spacial score (nSPS) is 19.0. The summed E-state index contributed by atoms with van der Waals surface area (Å²) in [4.78, 5) is 2.57. The molecule has 1 heterocycles. The lowest BCUT2D eigenvalue weighted by Gasteiger charge is -2.35. The van der Waals surface area contributed by atoms with E-state index in [1.165, 1.54) is 43.6 Å². The Morgan fingerprint density at radius 1 is 1.43 bits per heavy atom. The molecule has 0 aromatic heterocycles. The Morgan fingerprint density at radius 3 is 3.05 bits per heavy atom. The topological polar surface area (TPSA) is 24.5 Å². The zero-order chi connectivity index (χ0) is 15.1. The molecule has 1 aromatic carbocycles. The summed E-state index contributed by atoms with van der Waals surface area (Å²) in [6.45, 7) is 7.23. The van der Waals surface area contributed by atoms with Crippen molar-refractivity contribution in [1.29, 1.82) is 0 Å². The van der Waals surface area contributed by atoms with E-state index in [4.69, 9.17) is 4.74 Å².